The van der Waals surface area contributed by atoms with Crippen molar-refractivity contribution in [1.29, 1.82) is 0 Å². The van der Waals surface area contributed by atoms with Crippen LogP contribution in [0.5, 0.6) is 0 Å². The van der Waals surface area contributed by atoms with Gasteiger partial charge in [0.25, 0.3) is 0 Å². The number of anilines is 1. The van der Waals surface area contributed by atoms with E-state index in [0.717, 1.165) is 22.4 Å². The Labute approximate surface area is 150 Å². The summed E-state index contributed by atoms with van der Waals surface area (Å²) in [5.74, 6) is 0. The zero-order valence-electron chi connectivity index (χ0n) is 14.7. The summed E-state index contributed by atoms with van der Waals surface area (Å²) in [7, 11) is 0. The Morgan fingerprint density at radius 3 is 1.64 bits per heavy atom. The summed E-state index contributed by atoms with van der Waals surface area (Å²) in [6.45, 7) is 4.12. The Kier molecular flexibility index (Phi) is 5.15. The zero-order chi connectivity index (χ0) is 17.6. The van der Waals surface area contributed by atoms with Gasteiger partial charge in [-0.3, -0.25) is 0 Å². The molecule has 25 heavy (non-hydrogen) atoms. The third-order valence-electron chi connectivity index (χ3n) is 4.40. The molecule has 0 spiro atoms. The van der Waals surface area contributed by atoms with Gasteiger partial charge in [-0.25, -0.2) is 0 Å². The number of hydrogen-bond acceptors (Lipinski definition) is 1. The molecular weight excluding hydrogens is 302 g/mol. The van der Waals surface area contributed by atoms with Gasteiger partial charge in [0.1, 0.15) is 0 Å². The van der Waals surface area contributed by atoms with Crippen molar-refractivity contribution in [3.63, 3.8) is 0 Å². The van der Waals surface area contributed by atoms with Crippen LogP contribution in [0.4, 0.5) is 5.69 Å². The van der Waals surface area contributed by atoms with E-state index in [2.05, 4.69) is 92.7 Å². The van der Waals surface area contributed by atoms with Crippen LogP contribution in [-0.2, 0) is 0 Å². The van der Waals surface area contributed by atoms with E-state index < -0.39 is 0 Å². The maximum atomic E-state index is 6.44. The van der Waals surface area contributed by atoms with Crippen LogP contribution in [0.25, 0.3) is 11.1 Å². The van der Waals surface area contributed by atoms with Gasteiger partial charge >= 0.3 is 0 Å². The lowest BCUT2D eigenvalue weighted by molar-refractivity contribution is 1.48. The molecule has 0 heterocycles. The van der Waals surface area contributed by atoms with Gasteiger partial charge in [-0.2, -0.15) is 0 Å². The maximum absolute atomic E-state index is 6.44. The number of nitrogen functional groups attached to an aromatic ring is 1. The summed E-state index contributed by atoms with van der Waals surface area (Å²) in [6, 6.07) is 27.1. The minimum atomic E-state index is 0.796. The molecule has 0 saturated heterocycles. The van der Waals surface area contributed by atoms with E-state index in [0.29, 0.717) is 0 Å². The van der Waals surface area contributed by atoms with Gasteiger partial charge in [-0.15, -0.1) is 0 Å². The SMILES string of the molecule is C/C=C(/c1ccccc1)c1ccc(/C(=C\C)c2ccccc2)c(N)c1. The highest BCUT2D eigenvalue weighted by atomic mass is 14.6. The first kappa shape index (κ1) is 16.8. The topological polar surface area (TPSA) is 26.0 Å². The molecule has 3 aromatic rings. The summed E-state index contributed by atoms with van der Waals surface area (Å²) in [5, 5.41) is 0. The molecule has 124 valence electrons. The predicted molar refractivity (Wildman–Crippen MR) is 109 cm³/mol. The van der Waals surface area contributed by atoms with Crippen molar-refractivity contribution in [2.75, 3.05) is 5.73 Å². The molecule has 3 aromatic carbocycles. The second-order valence-corrected chi connectivity index (χ2v) is 5.94. The summed E-state index contributed by atoms with van der Waals surface area (Å²) < 4.78 is 0. The summed E-state index contributed by atoms with van der Waals surface area (Å²) in [4.78, 5) is 0. The van der Waals surface area contributed by atoms with Crippen LogP contribution < -0.4 is 5.73 Å². The van der Waals surface area contributed by atoms with Crippen LogP contribution in [0, 0.1) is 0 Å². The van der Waals surface area contributed by atoms with Crippen molar-refractivity contribution in [2.24, 2.45) is 0 Å². The Bertz CT molecular complexity index is 903. The van der Waals surface area contributed by atoms with E-state index in [9.17, 15) is 0 Å². The Morgan fingerprint density at radius 1 is 0.640 bits per heavy atom. The molecule has 0 unspecified atom stereocenters. The summed E-state index contributed by atoms with van der Waals surface area (Å²) in [5.41, 5.74) is 14.2. The lowest BCUT2D eigenvalue weighted by Gasteiger charge is -2.14. The molecule has 1 heteroatoms. The van der Waals surface area contributed by atoms with E-state index in [4.69, 9.17) is 5.73 Å². The van der Waals surface area contributed by atoms with Crippen LogP contribution in [0.2, 0.25) is 0 Å². The van der Waals surface area contributed by atoms with Crippen LogP contribution in [0.15, 0.2) is 91.0 Å². The average molecular weight is 325 g/mol. The first-order valence-corrected chi connectivity index (χ1v) is 8.58. The minimum Gasteiger partial charge on any atom is -0.398 e. The predicted octanol–water partition coefficient (Wildman–Crippen LogP) is 6.17. The van der Waals surface area contributed by atoms with Crippen molar-refractivity contribution in [3.8, 4) is 0 Å². The fourth-order valence-corrected chi connectivity index (χ4v) is 3.19. The number of allylic oxidation sites excluding steroid dienone is 2. The molecule has 0 atom stereocenters. The molecule has 2 N–H and O–H groups in total. The fourth-order valence-electron chi connectivity index (χ4n) is 3.19. The van der Waals surface area contributed by atoms with Crippen LogP contribution >= 0.6 is 0 Å². The summed E-state index contributed by atoms with van der Waals surface area (Å²) >= 11 is 0. The van der Waals surface area contributed by atoms with Gasteiger partial charge < -0.3 is 5.73 Å². The van der Waals surface area contributed by atoms with Crippen molar-refractivity contribution in [1.82, 2.24) is 0 Å². The number of benzene rings is 3. The largest absolute Gasteiger partial charge is 0.398 e. The second kappa shape index (κ2) is 7.67. The normalized spacial score (nSPS) is 12.2. The van der Waals surface area contributed by atoms with Crippen molar-refractivity contribution >= 4 is 16.8 Å². The molecule has 0 bridgehead atoms. The molecule has 0 saturated carbocycles. The van der Waals surface area contributed by atoms with Gasteiger partial charge in [0.05, 0.1) is 0 Å². The first-order valence-electron chi connectivity index (χ1n) is 8.58. The molecule has 3 rings (SSSR count). The number of hydrogen-bond donors (Lipinski definition) is 1. The minimum absolute atomic E-state index is 0.796. The zero-order valence-corrected chi connectivity index (χ0v) is 14.7. The van der Waals surface area contributed by atoms with Crippen LogP contribution in [-0.4, -0.2) is 0 Å². The molecule has 1 nitrogen and oxygen atoms in total. The lowest BCUT2D eigenvalue weighted by Crippen LogP contribution is -1.98. The van der Waals surface area contributed by atoms with Crippen molar-refractivity contribution in [2.45, 2.75) is 13.8 Å². The van der Waals surface area contributed by atoms with Gasteiger partial charge in [0.2, 0.25) is 0 Å². The second-order valence-electron chi connectivity index (χ2n) is 5.94. The van der Waals surface area contributed by atoms with Gasteiger partial charge in [-0.05, 0) is 47.8 Å². The molecule has 0 radical (unpaired) electrons. The maximum Gasteiger partial charge on any atom is 0.0400 e. The van der Waals surface area contributed by atoms with E-state index in [1.54, 1.807) is 0 Å². The van der Waals surface area contributed by atoms with Gasteiger partial charge in [-0.1, -0.05) is 84.9 Å². The molecule has 0 aliphatic rings. The third-order valence-corrected chi connectivity index (χ3v) is 4.40. The lowest BCUT2D eigenvalue weighted by atomic mass is 9.92. The Hall–Kier alpha value is -3.06. The smallest absolute Gasteiger partial charge is 0.0400 e. The van der Waals surface area contributed by atoms with Gasteiger partial charge in [0, 0.05) is 11.3 Å². The Morgan fingerprint density at radius 2 is 1.16 bits per heavy atom. The molecule has 0 fully saturated rings. The first-order chi connectivity index (χ1) is 12.2. The molecule has 0 aliphatic heterocycles. The molecule has 0 aliphatic carbocycles. The fraction of sp³-hybridized carbons (Fsp3) is 0.0833. The van der Waals surface area contributed by atoms with E-state index in [1.807, 2.05) is 12.1 Å². The van der Waals surface area contributed by atoms with E-state index in [-0.39, 0.29) is 0 Å². The third kappa shape index (κ3) is 3.56. The average Bonchev–Trinajstić information content (AvgIpc) is 2.66. The standard InChI is InChI=1S/C24H23N/c1-3-21(18-11-7-5-8-12-18)20-15-16-23(24(25)17-20)22(4-2)19-13-9-6-10-14-19/h3-17H,25H2,1-2H3/b21-3-,22-4-. The van der Waals surface area contributed by atoms with Crippen molar-refractivity contribution in [3.05, 3.63) is 113 Å². The number of nitrogens with two attached hydrogens (primary N) is 1. The van der Waals surface area contributed by atoms with Gasteiger partial charge in [0.15, 0.2) is 0 Å². The highest BCUT2D eigenvalue weighted by Crippen LogP contribution is 2.32. The van der Waals surface area contributed by atoms with Crippen LogP contribution in [0.3, 0.4) is 0 Å². The molecular formula is C24H23N. The molecule has 0 amide bonds. The highest BCUT2D eigenvalue weighted by molar-refractivity contribution is 5.88. The van der Waals surface area contributed by atoms with E-state index >= 15 is 0 Å². The Balaban J connectivity index is 2.02. The monoisotopic (exact) mass is 325 g/mol. The van der Waals surface area contributed by atoms with E-state index in [1.165, 1.54) is 16.7 Å². The highest BCUT2D eigenvalue weighted by Gasteiger charge is 2.10. The summed E-state index contributed by atoms with van der Waals surface area (Å²) in [6.07, 6.45) is 4.26. The number of rotatable bonds is 4. The van der Waals surface area contributed by atoms with Crippen molar-refractivity contribution < 1.29 is 0 Å². The van der Waals surface area contributed by atoms with Crippen LogP contribution in [0.1, 0.15) is 36.1 Å². The quantitative estimate of drug-likeness (QED) is 0.570. The molecule has 0 aromatic heterocycles.